The van der Waals surface area contributed by atoms with Crippen molar-refractivity contribution in [1.29, 1.82) is 5.26 Å². The monoisotopic (exact) mass is 236 g/mol. The molecule has 2 rings (SSSR count). The summed E-state index contributed by atoms with van der Waals surface area (Å²) in [6.45, 7) is 0. The van der Waals surface area contributed by atoms with Crippen molar-refractivity contribution in [1.82, 2.24) is 0 Å². The molecule has 3 nitrogen and oxygen atoms in total. The SMILES string of the molecule is COC1CC(Nc2ccc(Cl)cc2C#N)C1. The van der Waals surface area contributed by atoms with Gasteiger partial charge in [-0.15, -0.1) is 0 Å². The molecule has 0 bridgehead atoms. The van der Waals surface area contributed by atoms with Crippen LogP contribution in [-0.4, -0.2) is 19.3 Å². The second-order valence-corrected chi connectivity index (χ2v) is 4.41. The first-order chi connectivity index (χ1) is 7.72. The van der Waals surface area contributed by atoms with E-state index in [1.165, 1.54) is 0 Å². The van der Waals surface area contributed by atoms with E-state index in [2.05, 4.69) is 11.4 Å². The third-order valence-electron chi connectivity index (χ3n) is 2.89. The van der Waals surface area contributed by atoms with E-state index in [0.29, 0.717) is 22.7 Å². The molecule has 0 aliphatic heterocycles. The molecule has 1 aromatic rings. The van der Waals surface area contributed by atoms with Crippen LogP contribution in [0.2, 0.25) is 5.02 Å². The molecule has 0 atom stereocenters. The van der Waals surface area contributed by atoms with Gasteiger partial charge in [0.25, 0.3) is 0 Å². The molecule has 4 heteroatoms. The molecule has 0 unspecified atom stereocenters. The third-order valence-corrected chi connectivity index (χ3v) is 3.12. The van der Waals surface area contributed by atoms with E-state index in [9.17, 15) is 0 Å². The lowest BCUT2D eigenvalue weighted by Crippen LogP contribution is -2.40. The molecule has 1 aliphatic carbocycles. The lowest BCUT2D eigenvalue weighted by atomic mass is 9.89. The van der Waals surface area contributed by atoms with Crippen molar-refractivity contribution >= 4 is 17.3 Å². The number of benzene rings is 1. The predicted molar refractivity (Wildman–Crippen MR) is 63.6 cm³/mol. The van der Waals surface area contributed by atoms with E-state index >= 15 is 0 Å². The highest BCUT2D eigenvalue weighted by molar-refractivity contribution is 6.30. The van der Waals surface area contributed by atoms with Gasteiger partial charge < -0.3 is 10.1 Å². The van der Waals surface area contributed by atoms with E-state index in [0.717, 1.165) is 18.5 Å². The molecule has 0 spiro atoms. The zero-order valence-corrected chi connectivity index (χ0v) is 9.79. The second-order valence-electron chi connectivity index (χ2n) is 3.97. The van der Waals surface area contributed by atoms with Crippen molar-refractivity contribution in [2.24, 2.45) is 0 Å². The maximum Gasteiger partial charge on any atom is 0.101 e. The maximum atomic E-state index is 8.97. The summed E-state index contributed by atoms with van der Waals surface area (Å²) in [5.41, 5.74) is 1.44. The molecule has 1 N–H and O–H groups in total. The first-order valence-electron chi connectivity index (χ1n) is 5.22. The minimum absolute atomic E-state index is 0.357. The van der Waals surface area contributed by atoms with E-state index in [1.54, 1.807) is 19.2 Å². The highest BCUT2D eigenvalue weighted by Crippen LogP contribution is 2.28. The lowest BCUT2D eigenvalue weighted by Gasteiger charge is -2.35. The smallest absolute Gasteiger partial charge is 0.101 e. The summed E-state index contributed by atoms with van der Waals surface area (Å²) in [5, 5.41) is 12.9. The van der Waals surface area contributed by atoms with Crippen LogP contribution >= 0.6 is 11.6 Å². The van der Waals surface area contributed by atoms with Gasteiger partial charge in [-0.2, -0.15) is 5.26 Å². The number of anilines is 1. The molecule has 0 saturated heterocycles. The second kappa shape index (κ2) is 4.73. The van der Waals surface area contributed by atoms with Gasteiger partial charge >= 0.3 is 0 Å². The van der Waals surface area contributed by atoms with Crippen LogP contribution in [0.25, 0.3) is 0 Å². The first-order valence-corrected chi connectivity index (χ1v) is 5.59. The molecular weight excluding hydrogens is 224 g/mol. The number of nitriles is 1. The van der Waals surface area contributed by atoms with Crippen molar-refractivity contribution in [3.8, 4) is 6.07 Å². The summed E-state index contributed by atoms with van der Waals surface area (Å²) in [5.74, 6) is 0. The molecule has 0 aromatic heterocycles. The number of rotatable bonds is 3. The Morgan fingerprint density at radius 2 is 2.25 bits per heavy atom. The fourth-order valence-electron chi connectivity index (χ4n) is 1.83. The van der Waals surface area contributed by atoms with E-state index in [-0.39, 0.29) is 0 Å². The number of hydrogen-bond donors (Lipinski definition) is 1. The van der Waals surface area contributed by atoms with Gasteiger partial charge in [0.1, 0.15) is 6.07 Å². The van der Waals surface area contributed by atoms with Crippen LogP contribution in [0.3, 0.4) is 0 Å². The Kier molecular flexibility index (Phi) is 3.33. The van der Waals surface area contributed by atoms with Gasteiger partial charge in [0, 0.05) is 18.2 Å². The molecule has 1 aromatic carbocycles. The number of nitrogens with zero attached hydrogens (tertiary/aromatic N) is 1. The van der Waals surface area contributed by atoms with Crippen LogP contribution in [0.4, 0.5) is 5.69 Å². The Morgan fingerprint density at radius 3 is 2.88 bits per heavy atom. The highest BCUT2D eigenvalue weighted by atomic mass is 35.5. The Bertz CT molecular complexity index is 422. The van der Waals surface area contributed by atoms with Gasteiger partial charge in [-0.25, -0.2) is 0 Å². The molecular formula is C12H13ClN2O. The van der Waals surface area contributed by atoms with Gasteiger partial charge in [0.15, 0.2) is 0 Å². The fourth-order valence-corrected chi connectivity index (χ4v) is 2.00. The minimum Gasteiger partial charge on any atom is -0.381 e. The largest absolute Gasteiger partial charge is 0.381 e. The average molecular weight is 237 g/mol. The molecule has 1 fully saturated rings. The average Bonchev–Trinajstić information content (AvgIpc) is 2.24. The highest BCUT2D eigenvalue weighted by Gasteiger charge is 2.29. The Balaban J connectivity index is 2.03. The van der Waals surface area contributed by atoms with Crippen molar-refractivity contribution in [3.05, 3.63) is 28.8 Å². The summed E-state index contributed by atoms with van der Waals surface area (Å²) in [6.07, 6.45) is 2.34. The van der Waals surface area contributed by atoms with E-state index < -0.39 is 0 Å². The number of ether oxygens (including phenoxy) is 1. The van der Waals surface area contributed by atoms with Crippen LogP contribution < -0.4 is 5.32 Å². The molecule has 0 amide bonds. The zero-order valence-electron chi connectivity index (χ0n) is 9.03. The summed E-state index contributed by atoms with van der Waals surface area (Å²) in [4.78, 5) is 0. The van der Waals surface area contributed by atoms with Gasteiger partial charge in [0.2, 0.25) is 0 Å². The molecule has 0 heterocycles. The van der Waals surface area contributed by atoms with E-state index in [1.807, 2.05) is 6.07 Å². The summed E-state index contributed by atoms with van der Waals surface area (Å²) >= 11 is 5.83. The topological polar surface area (TPSA) is 45.0 Å². The van der Waals surface area contributed by atoms with Gasteiger partial charge in [-0.1, -0.05) is 11.6 Å². The third kappa shape index (κ3) is 2.29. The van der Waals surface area contributed by atoms with Gasteiger partial charge in [0.05, 0.1) is 17.4 Å². The standard InChI is InChI=1S/C12H13ClN2O/c1-16-11-5-10(6-11)15-12-3-2-9(13)4-8(12)7-14/h2-4,10-11,15H,5-6H2,1H3. The van der Waals surface area contributed by atoms with Crippen molar-refractivity contribution in [2.45, 2.75) is 25.0 Å². The molecule has 0 radical (unpaired) electrons. The van der Waals surface area contributed by atoms with Crippen LogP contribution in [0.15, 0.2) is 18.2 Å². The summed E-state index contributed by atoms with van der Waals surface area (Å²) in [6, 6.07) is 7.85. The molecule has 84 valence electrons. The summed E-state index contributed by atoms with van der Waals surface area (Å²) < 4.78 is 5.20. The number of hydrogen-bond acceptors (Lipinski definition) is 3. The Morgan fingerprint density at radius 1 is 1.50 bits per heavy atom. The molecule has 16 heavy (non-hydrogen) atoms. The summed E-state index contributed by atoms with van der Waals surface area (Å²) in [7, 11) is 1.73. The van der Waals surface area contributed by atoms with Crippen molar-refractivity contribution < 1.29 is 4.74 Å². The van der Waals surface area contributed by atoms with Gasteiger partial charge in [-0.05, 0) is 31.0 Å². The Hall–Kier alpha value is -1.24. The predicted octanol–water partition coefficient (Wildman–Crippen LogP) is 2.80. The fraction of sp³-hybridized carbons (Fsp3) is 0.417. The van der Waals surface area contributed by atoms with Crippen LogP contribution in [0, 0.1) is 11.3 Å². The van der Waals surface area contributed by atoms with E-state index in [4.69, 9.17) is 21.6 Å². The number of nitrogens with one attached hydrogen (secondary N) is 1. The van der Waals surface area contributed by atoms with Gasteiger partial charge in [-0.3, -0.25) is 0 Å². The van der Waals surface area contributed by atoms with Crippen molar-refractivity contribution in [3.63, 3.8) is 0 Å². The number of halogens is 1. The van der Waals surface area contributed by atoms with Crippen LogP contribution in [-0.2, 0) is 4.74 Å². The van der Waals surface area contributed by atoms with Crippen LogP contribution in [0.5, 0.6) is 0 Å². The molecule has 1 aliphatic rings. The minimum atomic E-state index is 0.357. The van der Waals surface area contributed by atoms with Crippen LogP contribution in [0.1, 0.15) is 18.4 Å². The Labute approximate surface area is 100.0 Å². The van der Waals surface area contributed by atoms with Crippen molar-refractivity contribution in [2.75, 3.05) is 12.4 Å². The molecule has 1 saturated carbocycles. The first kappa shape index (κ1) is 11.3. The normalized spacial score (nSPS) is 23.3. The zero-order chi connectivity index (χ0) is 11.5. The lowest BCUT2D eigenvalue weighted by molar-refractivity contribution is 0.0328. The number of methoxy groups -OCH3 is 1. The quantitative estimate of drug-likeness (QED) is 0.878. The maximum absolute atomic E-state index is 8.97.